The Hall–Kier alpha value is -0.170. The van der Waals surface area contributed by atoms with E-state index in [-0.39, 0.29) is 6.04 Å². The van der Waals surface area contributed by atoms with Gasteiger partial charge in [-0.15, -0.1) is 11.3 Å². The lowest BCUT2D eigenvalue weighted by molar-refractivity contribution is 0.109. The molecule has 1 rings (SSSR count). The van der Waals surface area contributed by atoms with Crippen LogP contribution in [0.3, 0.4) is 0 Å². The smallest absolute Gasteiger partial charge is 0.0589 e. The number of halogens is 1. The highest BCUT2D eigenvalue weighted by Crippen LogP contribution is 2.28. The van der Waals surface area contributed by atoms with Crippen molar-refractivity contribution in [1.29, 1.82) is 0 Å². The summed E-state index contributed by atoms with van der Waals surface area (Å²) in [6.07, 6.45) is 0.982. The van der Waals surface area contributed by atoms with Crippen LogP contribution < -0.4 is 5.73 Å². The molecule has 6 heteroatoms. The molecule has 0 aromatic carbocycles. The van der Waals surface area contributed by atoms with Gasteiger partial charge in [0.05, 0.1) is 17.7 Å². The molecule has 0 amide bonds. The third-order valence-electron chi connectivity index (χ3n) is 2.96. The van der Waals surface area contributed by atoms with Crippen molar-refractivity contribution in [3.63, 3.8) is 0 Å². The maximum Gasteiger partial charge on any atom is 0.0589 e. The fraction of sp³-hybridized carbons (Fsp3) is 0.692. The Morgan fingerprint density at radius 3 is 2.58 bits per heavy atom. The monoisotopic (exact) mass is 306 g/mol. The van der Waals surface area contributed by atoms with Gasteiger partial charge in [0.1, 0.15) is 0 Å². The van der Waals surface area contributed by atoms with Crippen LogP contribution in [0.1, 0.15) is 17.3 Å². The minimum absolute atomic E-state index is 0.199. The van der Waals surface area contributed by atoms with Gasteiger partial charge in [-0.05, 0) is 12.5 Å². The van der Waals surface area contributed by atoms with E-state index in [9.17, 15) is 0 Å². The highest BCUT2D eigenvalue weighted by Gasteiger charge is 2.20. The number of nitrogens with two attached hydrogens (primary N) is 1. The van der Waals surface area contributed by atoms with Crippen molar-refractivity contribution in [2.45, 2.75) is 12.5 Å². The molecule has 1 heterocycles. The topological polar surface area (TPSA) is 47.7 Å². The maximum atomic E-state index is 6.00. The largest absolute Gasteiger partial charge is 0.385 e. The van der Waals surface area contributed by atoms with E-state index in [1.807, 2.05) is 11.4 Å². The van der Waals surface area contributed by atoms with E-state index in [2.05, 4.69) is 4.90 Å². The van der Waals surface area contributed by atoms with Gasteiger partial charge in [0, 0.05) is 50.7 Å². The SMILES string of the molecule is COCCCN(CCOC)C(CN)c1cc(Cl)cs1. The Bertz CT molecular complexity index is 349. The molecule has 0 radical (unpaired) electrons. The summed E-state index contributed by atoms with van der Waals surface area (Å²) in [5.74, 6) is 0. The van der Waals surface area contributed by atoms with E-state index < -0.39 is 0 Å². The van der Waals surface area contributed by atoms with Crippen LogP contribution in [-0.4, -0.2) is 52.0 Å². The zero-order valence-corrected chi connectivity index (χ0v) is 13.2. The molecule has 0 saturated carbocycles. The summed E-state index contributed by atoms with van der Waals surface area (Å²) in [6, 6.07) is 2.20. The van der Waals surface area contributed by atoms with E-state index in [4.69, 9.17) is 26.8 Å². The molecule has 0 fully saturated rings. The second kappa shape index (κ2) is 9.69. The molecule has 0 aliphatic rings. The lowest BCUT2D eigenvalue weighted by atomic mass is 10.2. The number of nitrogens with zero attached hydrogens (tertiary/aromatic N) is 1. The molecule has 1 unspecified atom stereocenters. The van der Waals surface area contributed by atoms with E-state index in [1.54, 1.807) is 25.6 Å². The molecule has 0 aliphatic carbocycles. The van der Waals surface area contributed by atoms with E-state index >= 15 is 0 Å². The fourth-order valence-electron chi connectivity index (χ4n) is 1.99. The molecule has 1 atom stereocenters. The molecule has 1 aromatic rings. The third kappa shape index (κ3) is 5.77. The van der Waals surface area contributed by atoms with Crippen LogP contribution in [0, 0.1) is 0 Å². The van der Waals surface area contributed by atoms with Crippen molar-refractivity contribution < 1.29 is 9.47 Å². The van der Waals surface area contributed by atoms with Crippen LogP contribution in [0.15, 0.2) is 11.4 Å². The zero-order valence-electron chi connectivity index (χ0n) is 11.6. The van der Waals surface area contributed by atoms with Crippen LogP contribution in [0.5, 0.6) is 0 Å². The highest BCUT2D eigenvalue weighted by molar-refractivity contribution is 7.10. The van der Waals surface area contributed by atoms with Crippen molar-refractivity contribution in [3.8, 4) is 0 Å². The van der Waals surface area contributed by atoms with Crippen LogP contribution >= 0.6 is 22.9 Å². The highest BCUT2D eigenvalue weighted by atomic mass is 35.5. The standard InChI is InChI=1S/C13H23ClN2O2S/c1-17-6-3-4-16(5-7-18-2)12(9-15)13-8-11(14)10-19-13/h8,10,12H,3-7,9,15H2,1-2H3. The minimum atomic E-state index is 0.199. The molecule has 0 saturated heterocycles. The van der Waals surface area contributed by atoms with Gasteiger partial charge in [-0.3, -0.25) is 4.90 Å². The Kier molecular flexibility index (Phi) is 8.61. The van der Waals surface area contributed by atoms with Crippen molar-refractivity contribution in [3.05, 3.63) is 21.3 Å². The molecule has 0 aliphatic heterocycles. The van der Waals surface area contributed by atoms with Gasteiger partial charge in [-0.1, -0.05) is 11.6 Å². The minimum Gasteiger partial charge on any atom is -0.385 e. The Balaban J connectivity index is 2.67. The number of hydrogen-bond acceptors (Lipinski definition) is 5. The third-order valence-corrected chi connectivity index (χ3v) is 4.34. The van der Waals surface area contributed by atoms with Gasteiger partial charge in [0.25, 0.3) is 0 Å². The summed E-state index contributed by atoms with van der Waals surface area (Å²) in [4.78, 5) is 3.55. The van der Waals surface area contributed by atoms with Gasteiger partial charge in [0.2, 0.25) is 0 Å². The predicted molar refractivity (Wildman–Crippen MR) is 81.1 cm³/mol. The second-order valence-corrected chi connectivity index (χ2v) is 5.67. The van der Waals surface area contributed by atoms with Crippen molar-refractivity contribution in [1.82, 2.24) is 4.90 Å². The first-order chi connectivity index (χ1) is 9.22. The quantitative estimate of drug-likeness (QED) is 0.674. The van der Waals surface area contributed by atoms with Gasteiger partial charge in [-0.25, -0.2) is 0 Å². The molecule has 4 nitrogen and oxygen atoms in total. The number of ether oxygens (including phenoxy) is 2. The Labute approximate surface area is 124 Å². The van der Waals surface area contributed by atoms with Crippen LogP contribution in [-0.2, 0) is 9.47 Å². The summed E-state index contributed by atoms with van der Waals surface area (Å²) in [5, 5.41) is 2.73. The van der Waals surface area contributed by atoms with Gasteiger partial charge in [0.15, 0.2) is 0 Å². The number of thiophene rings is 1. The lowest BCUT2D eigenvalue weighted by Crippen LogP contribution is -2.36. The molecule has 2 N–H and O–H groups in total. The van der Waals surface area contributed by atoms with Crippen molar-refractivity contribution in [2.75, 3.05) is 47.1 Å². The van der Waals surface area contributed by atoms with Crippen LogP contribution in [0.2, 0.25) is 5.02 Å². The first-order valence-corrected chi connectivity index (χ1v) is 7.64. The number of hydrogen-bond donors (Lipinski definition) is 1. The normalized spacial score (nSPS) is 13.1. The lowest BCUT2D eigenvalue weighted by Gasteiger charge is -2.30. The van der Waals surface area contributed by atoms with Gasteiger partial charge in [-0.2, -0.15) is 0 Å². The first kappa shape index (κ1) is 16.9. The molecule has 110 valence electrons. The average Bonchev–Trinajstić information content (AvgIpc) is 2.83. The second-order valence-electron chi connectivity index (χ2n) is 4.29. The Morgan fingerprint density at radius 2 is 2.05 bits per heavy atom. The van der Waals surface area contributed by atoms with Crippen LogP contribution in [0.25, 0.3) is 0 Å². The number of methoxy groups -OCH3 is 2. The molecular weight excluding hydrogens is 284 g/mol. The van der Waals surface area contributed by atoms with E-state index in [0.29, 0.717) is 13.2 Å². The van der Waals surface area contributed by atoms with Gasteiger partial charge >= 0.3 is 0 Å². The van der Waals surface area contributed by atoms with Gasteiger partial charge < -0.3 is 15.2 Å². The van der Waals surface area contributed by atoms with E-state index in [0.717, 1.165) is 31.1 Å². The van der Waals surface area contributed by atoms with Crippen LogP contribution in [0.4, 0.5) is 0 Å². The predicted octanol–water partition coefficient (Wildman–Crippen LogP) is 2.39. The molecule has 1 aromatic heterocycles. The summed E-state index contributed by atoms with van der Waals surface area (Å²) in [6.45, 7) is 3.83. The van der Waals surface area contributed by atoms with Crippen molar-refractivity contribution >= 4 is 22.9 Å². The van der Waals surface area contributed by atoms with Crippen molar-refractivity contribution in [2.24, 2.45) is 5.73 Å². The van der Waals surface area contributed by atoms with E-state index in [1.165, 1.54) is 4.88 Å². The maximum absolute atomic E-state index is 6.00. The molecule has 0 bridgehead atoms. The zero-order chi connectivity index (χ0) is 14.1. The summed E-state index contributed by atoms with van der Waals surface area (Å²) >= 11 is 7.66. The fourth-order valence-corrected chi connectivity index (χ4v) is 3.22. The molecule has 19 heavy (non-hydrogen) atoms. The number of rotatable bonds is 10. The molecule has 0 spiro atoms. The summed E-state index contributed by atoms with van der Waals surface area (Å²) in [7, 11) is 3.44. The Morgan fingerprint density at radius 1 is 1.32 bits per heavy atom. The summed E-state index contributed by atoms with van der Waals surface area (Å²) in [5.41, 5.74) is 5.94. The molecular formula is C13H23ClN2O2S. The first-order valence-electron chi connectivity index (χ1n) is 6.38. The summed E-state index contributed by atoms with van der Waals surface area (Å²) < 4.78 is 10.3. The average molecular weight is 307 g/mol.